The van der Waals surface area contributed by atoms with E-state index in [9.17, 15) is 29.6 Å². The molecule has 0 radical (unpaired) electrons. The van der Waals surface area contributed by atoms with Gasteiger partial charge in [-0.1, -0.05) is 26.0 Å². The molecule has 0 spiro atoms. The van der Waals surface area contributed by atoms with Crippen LogP contribution in [0.3, 0.4) is 0 Å². The van der Waals surface area contributed by atoms with Crippen LogP contribution in [0.1, 0.15) is 39.2 Å². The minimum Gasteiger partial charge on any atom is -0.480 e. The molecule has 2 rings (SSSR count). The summed E-state index contributed by atoms with van der Waals surface area (Å²) in [6.07, 6.45) is 0. The topological polar surface area (TPSA) is 148 Å². The third-order valence-corrected chi connectivity index (χ3v) is 5.04. The van der Waals surface area contributed by atoms with E-state index < -0.39 is 40.6 Å². The Labute approximate surface area is 179 Å². The standard InChI is InChI=1S/C21H25N3O7/c1-10(2)18(20(26)27)23-19(25)15-11(3)22-12(4)16(21(28)31-5)17(15)13-7-6-8-14(9-13)24(29)30/h6-10,17-18,22H,1-5H3,(H,23,25)(H,26,27)/t17-,18-/m1/s1. The Morgan fingerprint density at radius 1 is 1.19 bits per heavy atom. The maximum Gasteiger partial charge on any atom is 0.336 e. The van der Waals surface area contributed by atoms with Gasteiger partial charge in [-0.25, -0.2) is 9.59 Å². The van der Waals surface area contributed by atoms with Gasteiger partial charge >= 0.3 is 11.9 Å². The summed E-state index contributed by atoms with van der Waals surface area (Å²) in [6.45, 7) is 6.55. The molecule has 1 aliphatic rings. The van der Waals surface area contributed by atoms with Crippen LogP contribution < -0.4 is 10.6 Å². The first-order chi connectivity index (χ1) is 14.5. The van der Waals surface area contributed by atoms with Gasteiger partial charge in [0.05, 0.1) is 23.5 Å². The quantitative estimate of drug-likeness (QED) is 0.338. The number of ether oxygens (including phenoxy) is 1. The molecule has 1 aliphatic heterocycles. The Kier molecular flexibility index (Phi) is 7.16. The van der Waals surface area contributed by atoms with Crippen LogP contribution in [-0.2, 0) is 19.1 Å². The van der Waals surface area contributed by atoms with E-state index in [2.05, 4.69) is 10.6 Å². The van der Waals surface area contributed by atoms with Crippen molar-refractivity contribution in [2.75, 3.05) is 7.11 Å². The normalized spacial score (nSPS) is 17.2. The highest BCUT2D eigenvalue weighted by atomic mass is 16.6. The molecular formula is C21H25N3O7. The third kappa shape index (κ3) is 4.90. The van der Waals surface area contributed by atoms with Crippen molar-refractivity contribution in [2.24, 2.45) is 5.92 Å². The van der Waals surface area contributed by atoms with E-state index in [1.54, 1.807) is 33.8 Å². The molecule has 0 bridgehead atoms. The van der Waals surface area contributed by atoms with Gasteiger partial charge in [-0.2, -0.15) is 0 Å². The Hall–Kier alpha value is -3.69. The number of carboxylic acids is 1. The number of hydrogen-bond acceptors (Lipinski definition) is 7. The average Bonchev–Trinajstić information content (AvgIpc) is 2.70. The minimum atomic E-state index is -1.20. The van der Waals surface area contributed by atoms with E-state index in [1.807, 2.05) is 0 Å². The molecular weight excluding hydrogens is 406 g/mol. The summed E-state index contributed by atoms with van der Waals surface area (Å²) in [5.74, 6) is -3.99. The summed E-state index contributed by atoms with van der Waals surface area (Å²) in [6, 6.07) is 4.45. The molecule has 10 nitrogen and oxygen atoms in total. The molecule has 0 fully saturated rings. The van der Waals surface area contributed by atoms with Gasteiger partial charge < -0.3 is 20.5 Å². The number of carboxylic acid groups (broad SMARTS) is 1. The number of rotatable bonds is 7. The zero-order chi connectivity index (χ0) is 23.5. The van der Waals surface area contributed by atoms with Crippen LogP contribution in [-0.4, -0.2) is 41.0 Å². The van der Waals surface area contributed by atoms with Gasteiger partial charge in [0.2, 0.25) is 0 Å². The lowest BCUT2D eigenvalue weighted by atomic mass is 9.79. The van der Waals surface area contributed by atoms with Gasteiger partial charge in [-0.3, -0.25) is 14.9 Å². The summed E-state index contributed by atoms with van der Waals surface area (Å²) in [5, 5.41) is 26.2. The van der Waals surface area contributed by atoms with Gasteiger partial charge in [0.1, 0.15) is 6.04 Å². The summed E-state index contributed by atoms with van der Waals surface area (Å²) >= 11 is 0. The van der Waals surface area contributed by atoms with Crippen LogP contribution in [0.25, 0.3) is 0 Å². The van der Waals surface area contributed by atoms with E-state index in [4.69, 9.17) is 4.74 Å². The third-order valence-electron chi connectivity index (χ3n) is 5.04. The number of nitrogens with zero attached hydrogens (tertiary/aromatic N) is 1. The van der Waals surface area contributed by atoms with Gasteiger partial charge in [0.15, 0.2) is 0 Å². The van der Waals surface area contributed by atoms with Crippen molar-refractivity contribution >= 4 is 23.5 Å². The average molecular weight is 431 g/mol. The van der Waals surface area contributed by atoms with E-state index in [0.29, 0.717) is 17.0 Å². The predicted octanol–water partition coefficient (Wildman–Crippen LogP) is 2.23. The van der Waals surface area contributed by atoms with Crippen molar-refractivity contribution in [2.45, 2.75) is 39.7 Å². The van der Waals surface area contributed by atoms with Crippen LogP contribution in [0.5, 0.6) is 0 Å². The minimum absolute atomic E-state index is 0.0818. The summed E-state index contributed by atoms with van der Waals surface area (Å²) in [4.78, 5) is 48.1. The molecule has 0 saturated heterocycles. The van der Waals surface area contributed by atoms with Crippen molar-refractivity contribution in [3.63, 3.8) is 0 Å². The van der Waals surface area contributed by atoms with Crippen molar-refractivity contribution in [3.05, 3.63) is 62.5 Å². The number of aliphatic carboxylic acids is 1. The Morgan fingerprint density at radius 2 is 1.81 bits per heavy atom. The second kappa shape index (κ2) is 9.41. The first kappa shape index (κ1) is 23.6. The van der Waals surface area contributed by atoms with Crippen molar-refractivity contribution in [3.8, 4) is 0 Å². The van der Waals surface area contributed by atoms with Crippen LogP contribution in [0.2, 0.25) is 0 Å². The fourth-order valence-corrected chi connectivity index (χ4v) is 3.56. The van der Waals surface area contributed by atoms with Gasteiger partial charge in [0, 0.05) is 29.1 Å². The summed E-state index contributed by atoms with van der Waals surface area (Å²) in [5.41, 5.74) is 1.13. The van der Waals surface area contributed by atoms with Crippen LogP contribution >= 0.6 is 0 Å². The number of esters is 1. The molecule has 166 valence electrons. The highest BCUT2D eigenvalue weighted by Gasteiger charge is 2.38. The number of benzene rings is 1. The molecule has 1 amide bonds. The zero-order valence-corrected chi connectivity index (χ0v) is 17.9. The number of methoxy groups -OCH3 is 1. The molecule has 0 aromatic heterocycles. The van der Waals surface area contributed by atoms with Gasteiger partial charge in [-0.05, 0) is 25.3 Å². The number of nitro groups is 1. The second-order valence-electron chi connectivity index (χ2n) is 7.51. The highest BCUT2D eigenvalue weighted by molar-refractivity contribution is 6.03. The first-order valence-corrected chi connectivity index (χ1v) is 9.54. The number of hydrogen-bond donors (Lipinski definition) is 3. The number of amides is 1. The SMILES string of the molecule is COC(=O)C1=C(C)NC(C)=C(C(=O)N[C@@H](C(=O)O)C(C)C)[C@H]1c1cccc([N+](=O)[O-])c1. The Morgan fingerprint density at radius 3 is 2.32 bits per heavy atom. The van der Waals surface area contributed by atoms with Crippen molar-refractivity contribution in [1.82, 2.24) is 10.6 Å². The zero-order valence-electron chi connectivity index (χ0n) is 17.9. The number of nitro benzene ring substituents is 1. The van der Waals surface area contributed by atoms with Gasteiger partial charge in [0.25, 0.3) is 11.6 Å². The van der Waals surface area contributed by atoms with E-state index in [1.165, 1.54) is 25.3 Å². The molecule has 2 atom stereocenters. The number of allylic oxidation sites excluding steroid dienone is 2. The summed E-state index contributed by atoms with van der Waals surface area (Å²) < 4.78 is 4.89. The number of carbonyl (C=O) groups is 3. The lowest BCUT2D eigenvalue weighted by Crippen LogP contribution is -2.47. The number of nitrogens with one attached hydrogen (secondary N) is 2. The molecule has 1 aromatic carbocycles. The maximum atomic E-state index is 13.2. The van der Waals surface area contributed by atoms with Crippen LogP contribution in [0, 0.1) is 16.0 Å². The number of dihydropyridines is 1. The highest BCUT2D eigenvalue weighted by Crippen LogP contribution is 2.39. The molecule has 3 N–H and O–H groups in total. The smallest absolute Gasteiger partial charge is 0.336 e. The van der Waals surface area contributed by atoms with Crippen molar-refractivity contribution in [1.29, 1.82) is 0 Å². The largest absolute Gasteiger partial charge is 0.480 e. The molecule has 31 heavy (non-hydrogen) atoms. The number of carbonyl (C=O) groups excluding carboxylic acids is 2. The molecule has 0 saturated carbocycles. The Bertz CT molecular complexity index is 994. The lowest BCUT2D eigenvalue weighted by Gasteiger charge is -2.31. The van der Waals surface area contributed by atoms with E-state index in [0.717, 1.165) is 0 Å². The molecule has 1 aromatic rings. The van der Waals surface area contributed by atoms with Crippen LogP contribution in [0.15, 0.2) is 46.8 Å². The van der Waals surface area contributed by atoms with E-state index in [-0.39, 0.29) is 16.8 Å². The molecule has 0 unspecified atom stereocenters. The molecule has 1 heterocycles. The maximum absolute atomic E-state index is 13.2. The fourth-order valence-electron chi connectivity index (χ4n) is 3.56. The first-order valence-electron chi connectivity index (χ1n) is 9.54. The lowest BCUT2D eigenvalue weighted by molar-refractivity contribution is -0.384. The monoisotopic (exact) mass is 431 g/mol. The van der Waals surface area contributed by atoms with Gasteiger partial charge in [-0.15, -0.1) is 0 Å². The Balaban J connectivity index is 2.66. The molecule has 0 aliphatic carbocycles. The predicted molar refractivity (Wildman–Crippen MR) is 111 cm³/mol. The number of non-ortho nitro benzene ring substituents is 1. The second-order valence-corrected chi connectivity index (χ2v) is 7.51. The van der Waals surface area contributed by atoms with Crippen molar-refractivity contribution < 1.29 is 29.2 Å². The summed E-state index contributed by atoms with van der Waals surface area (Å²) in [7, 11) is 1.19. The fraction of sp³-hybridized carbons (Fsp3) is 0.381. The van der Waals surface area contributed by atoms with E-state index >= 15 is 0 Å². The van der Waals surface area contributed by atoms with Crippen LogP contribution in [0.4, 0.5) is 5.69 Å². The molecule has 10 heteroatoms.